The summed E-state index contributed by atoms with van der Waals surface area (Å²) in [5.74, 6) is -0.959. The second-order valence-corrected chi connectivity index (χ2v) is 5.45. The molecular weight excluding hydrogens is 322 g/mol. The maximum absolute atomic E-state index is 11.3. The summed E-state index contributed by atoms with van der Waals surface area (Å²) in [7, 11) is 1.90. The van der Waals surface area contributed by atoms with Crippen molar-refractivity contribution in [2.45, 2.75) is 20.4 Å². The van der Waals surface area contributed by atoms with E-state index in [2.05, 4.69) is 26.3 Å². The average Bonchev–Trinajstić information content (AvgIpc) is 2.61. The Bertz CT molecular complexity index is 665. The van der Waals surface area contributed by atoms with Crippen LogP contribution in [0, 0.1) is 13.8 Å². The van der Waals surface area contributed by atoms with E-state index in [1.165, 1.54) is 0 Å². The molecule has 0 atom stereocenters. The monoisotopic (exact) mass is 337 g/mol. The SMILES string of the molecule is Cc1nn(C)c(C)c1CNc1cccc(Br)c1C(=O)O. The van der Waals surface area contributed by atoms with Gasteiger partial charge in [0.2, 0.25) is 0 Å². The highest BCUT2D eigenvalue weighted by Gasteiger charge is 2.15. The van der Waals surface area contributed by atoms with E-state index >= 15 is 0 Å². The Kier molecular flexibility index (Phi) is 4.13. The third-order valence-electron chi connectivity index (χ3n) is 3.34. The minimum atomic E-state index is -0.959. The van der Waals surface area contributed by atoms with E-state index in [0.29, 0.717) is 16.7 Å². The van der Waals surface area contributed by atoms with Gasteiger partial charge in [0.15, 0.2) is 0 Å². The van der Waals surface area contributed by atoms with E-state index in [1.54, 1.807) is 12.1 Å². The molecule has 2 aromatic rings. The van der Waals surface area contributed by atoms with E-state index in [0.717, 1.165) is 17.0 Å². The Morgan fingerprint density at radius 2 is 2.15 bits per heavy atom. The Morgan fingerprint density at radius 1 is 1.45 bits per heavy atom. The molecule has 0 unspecified atom stereocenters. The van der Waals surface area contributed by atoms with Crippen molar-refractivity contribution < 1.29 is 9.90 Å². The van der Waals surface area contributed by atoms with Gasteiger partial charge in [0.05, 0.1) is 16.9 Å². The third kappa shape index (κ3) is 2.70. The van der Waals surface area contributed by atoms with Gasteiger partial charge >= 0.3 is 5.97 Å². The number of nitrogens with one attached hydrogen (secondary N) is 1. The second-order valence-electron chi connectivity index (χ2n) is 4.59. The first-order valence-electron chi connectivity index (χ1n) is 6.16. The van der Waals surface area contributed by atoms with Gasteiger partial charge in [-0.15, -0.1) is 0 Å². The summed E-state index contributed by atoms with van der Waals surface area (Å²) in [6.07, 6.45) is 0. The van der Waals surface area contributed by atoms with Crippen LogP contribution >= 0.6 is 15.9 Å². The molecule has 0 saturated heterocycles. The van der Waals surface area contributed by atoms with Gasteiger partial charge < -0.3 is 10.4 Å². The lowest BCUT2D eigenvalue weighted by Gasteiger charge is -2.11. The van der Waals surface area contributed by atoms with Crippen LogP contribution in [0.15, 0.2) is 22.7 Å². The zero-order chi connectivity index (χ0) is 14.9. The summed E-state index contributed by atoms with van der Waals surface area (Å²) < 4.78 is 2.39. The standard InChI is InChI=1S/C14H16BrN3O2/c1-8-10(9(2)18(3)17-8)7-16-12-6-4-5-11(15)13(12)14(19)20/h4-6,16H,7H2,1-3H3,(H,19,20). The minimum Gasteiger partial charge on any atom is -0.478 e. The molecule has 1 aromatic heterocycles. The summed E-state index contributed by atoms with van der Waals surface area (Å²) in [6, 6.07) is 5.28. The van der Waals surface area contributed by atoms with Gasteiger partial charge in [-0.3, -0.25) is 4.68 Å². The fourth-order valence-corrected chi connectivity index (χ4v) is 2.68. The summed E-state index contributed by atoms with van der Waals surface area (Å²) in [6.45, 7) is 4.49. The maximum Gasteiger partial charge on any atom is 0.338 e. The number of rotatable bonds is 4. The highest BCUT2D eigenvalue weighted by atomic mass is 79.9. The molecule has 0 bridgehead atoms. The second kappa shape index (κ2) is 5.66. The molecule has 20 heavy (non-hydrogen) atoms. The lowest BCUT2D eigenvalue weighted by atomic mass is 10.1. The van der Waals surface area contributed by atoms with Crippen molar-refractivity contribution >= 4 is 27.6 Å². The van der Waals surface area contributed by atoms with Gasteiger partial charge in [-0.25, -0.2) is 4.79 Å². The Morgan fingerprint density at radius 3 is 2.70 bits per heavy atom. The van der Waals surface area contributed by atoms with E-state index < -0.39 is 5.97 Å². The zero-order valence-electron chi connectivity index (χ0n) is 11.6. The average molecular weight is 338 g/mol. The molecule has 0 spiro atoms. The first-order chi connectivity index (χ1) is 9.41. The number of aromatic nitrogens is 2. The fraction of sp³-hybridized carbons (Fsp3) is 0.286. The lowest BCUT2D eigenvalue weighted by Crippen LogP contribution is -2.08. The number of carboxylic acids is 1. The van der Waals surface area contributed by atoms with E-state index in [-0.39, 0.29) is 5.56 Å². The van der Waals surface area contributed by atoms with Gasteiger partial charge in [0.25, 0.3) is 0 Å². The highest BCUT2D eigenvalue weighted by Crippen LogP contribution is 2.25. The molecular formula is C14H16BrN3O2. The predicted molar refractivity (Wildman–Crippen MR) is 81.1 cm³/mol. The molecule has 2 N–H and O–H groups in total. The summed E-state index contributed by atoms with van der Waals surface area (Å²) in [5.41, 5.74) is 3.94. The smallest absolute Gasteiger partial charge is 0.338 e. The highest BCUT2D eigenvalue weighted by molar-refractivity contribution is 9.10. The van der Waals surface area contributed by atoms with Crippen molar-refractivity contribution in [2.75, 3.05) is 5.32 Å². The number of carboxylic acid groups (broad SMARTS) is 1. The molecule has 0 aliphatic carbocycles. The molecule has 0 saturated carbocycles. The molecule has 0 aliphatic rings. The van der Waals surface area contributed by atoms with Crippen LogP contribution in [-0.4, -0.2) is 20.9 Å². The van der Waals surface area contributed by atoms with Crippen molar-refractivity contribution in [3.63, 3.8) is 0 Å². The van der Waals surface area contributed by atoms with Crippen molar-refractivity contribution in [3.8, 4) is 0 Å². The molecule has 0 fully saturated rings. The quantitative estimate of drug-likeness (QED) is 0.899. The van der Waals surface area contributed by atoms with Crippen molar-refractivity contribution in [1.29, 1.82) is 0 Å². The number of anilines is 1. The minimum absolute atomic E-state index is 0.242. The van der Waals surface area contributed by atoms with Crippen LogP contribution < -0.4 is 5.32 Å². The molecule has 0 aliphatic heterocycles. The fourth-order valence-electron chi connectivity index (χ4n) is 2.15. The Hall–Kier alpha value is -1.82. The number of benzene rings is 1. The van der Waals surface area contributed by atoms with Gasteiger partial charge in [-0.05, 0) is 41.9 Å². The molecule has 2 rings (SSSR count). The van der Waals surface area contributed by atoms with Crippen LogP contribution in [0.3, 0.4) is 0 Å². The van der Waals surface area contributed by atoms with E-state index in [1.807, 2.05) is 31.6 Å². The number of aryl methyl sites for hydroxylation is 2. The van der Waals surface area contributed by atoms with Crippen molar-refractivity contribution in [3.05, 3.63) is 45.2 Å². The number of aromatic carboxylic acids is 1. The van der Waals surface area contributed by atoms with Crippen LogP contribution in [0.1, 0.15) is 27.3 Å². The largest absolute Gasteiger partial charge is 0.478 e. The molecule has 106 valence electrons. The van der Waals surface area contributed by atoms with Gasteiger partial charge in [-0.2, -0.15) is 5.10 Å². The lowest BCUT2D eigenvalue weighted by molar-refractivity contribution is 0.0697. The number of nitrogens with zero attached hydrogens (tertiary/aromatic N) is 2. The van der Waals surface area contributed by atoms with Gasteiger partial charge in [0, 0.05) is 29.3 Å². The summed E-state index contributed by atoms with van der Waals surface area (Å²) in [5, 5.41) is 16.8. The summed E-state index contributed by atoms with van der Waals surface area (Å²) >= 11 is 3.27. The molecule has 1 heterocycles. The Labute approximate surface area is 125 Å². The number of halogens is 1. The number of hydrogen-bond donors (Lipinski definition) is 2. The summed E-state index contributed by atoms with van der Waals surface area (Å²) in [4.78, 5) is 11.3. The normalized spacial score (nSPS) is 10.6. The van der Waals surface area contributed by atoms with Crippen molar-refractivity contribution in [1.82, 2.24) is 9.78 Å². The maximum atomic E-state index is 11.3. The van der Waals surface area contributed by atoms with Crippen molar-refractivity contribution in [2.24, 2.45) is 7.05 Å². The third-order valence-corrected chi connectivity index (χ3v) is 4.00. The first kappa shape index (κ1) is 14.6. The molecule has 0 radical (unpaired) electrons. The number of hydrogen-bond acceptors (Lipinski definition) is 3. The van der Waals surface area contributed by atoms with Crippen LogP contribution in [0.25, 0.3) is 0 Å². The Balaban J connectivity index is 2.28. The predicted octanol–water partition coefficient (Wildman–Crippen LogP) is 3.11. The van der Waals surface area contributed by atoms with Crippen LogP contribution in [-0.2, 0) is 13.6 Å². The molecule has 6 heteroatoms. The van der Waals surface area contributed by atoms with Gasteiger partial charge in [-0.1, -0.05) is 6.07 Å². The topological polar surface area (TPSA) is 67.2 Å². The van der Waals surface area contributed by atoms with E-state index in [4.69, 9.17) is 0 Å². The molecule has 0 amide bonds. The van der Waals surface area contributed by atoms with E-state index in [9.17, 15) is 9.90 Å². The molecule has 5 nitrogen and oxygen atoms in total. The van der Waals surface area contributed by atoms with Gasteiger partial charge in [0.1, 0.15) is 0 Å². The first-order valence-corrected chi connectivity index (χ1v) is 6.96. The van der Waals surface area contributed by atoms with Crippen LogP contribution in [0.4, 0.5) is 5.69 Å². The molecule has 1 aromatic carbocycles. The van der Waals surface area contributed by atoms with Crippen LogP contribution in [0.2, 0.25) is 0 Å². The zero-order valence-corrected chi connectivity index (χ0v) is 13.2. The van der Waals surface area contributed by atoms with Crippen LogP contribution in [0.5, 0.6) is 0 Å². The number of carbonyl (C=O) groups is 1.